The molecule has 0 saturated carbocycles. The Morgan fingerprint density at radius 3 is 2.78 bits per heavy atom. The second-order valence-electron chi connectivity index (χ2n) is 4.31. The van der Waals surface area contributed by atoms with Crippen LogP contribution in [0.3, 0.4) is 0 Å². The number of aliphatic carboxylic acids is 2. The summed E-state index contributed by atoms with van der Waals surface area (Å²) in [7, 11) is 0. The zero-order valence-corrected chi connectivity index (χ0v) is 9.76. The number of hydrogen-bond donors (Lipinski definition) is 2. The fourth-order valence-electron chi connectivity index (χ4n) is 2.12. The number of carboxylic acids is 2. The van der Waals surface area contributed by atoms with E-state index in [4.69, 9.17) is 14.9 Å². The van der Waals surface area contributed by atoms with Crippen LogP contribution in [0.25, 0.3) is 0 Å². The highest BCUT2D eigenvalue weighted by atomic mass is 16.5. The van der Waals surface area contributed by atoms with Crippen LogP contribution in [-0.2, 0) is 16.0 Å². The van der Waals surface area contributed by atoms with E-state index in [0.29, 0.717) is 12.2 Å². The molecule has 5 nitrogen and oxygen atoms in total. The van der Waals surface area contributed by atoms with Crippen molar-refractivity contribution in [3.05, 3.63) is 29.3 Å². The molecule has 18 heavy (non-hydrogen) atoms. The van der Waals surface area contributed by atoms with Crippen LogP contribution < -0.4 is 4.74 Å². The Hall–Kier alpha value is -2.04. The molecule has 1 aliphatic heterocycles. The van der Waals surface area contributed by atoms with Crippen LogP contribution in [0.4, 0.5) is 0 Å². The maximum Gasteiger partial charge on any atom is 0.311 e. The molecule has 0 aliphatic carbocycles. The van der Waals surface area contributed by atoms with Gasteiger partial charge in [-0.3, -0.25) is 9.59 Å². The molecular weight excluding hydrogens is 236 g/mol. The minimum absolute atomic E-state index is 0.408. The van der Waals surface area contributed by atoms with Gasteiger partial charge < -0.3 is 14.9 Å². The number of rotatable bonds is 4. The van der Waals surface area contributed by atoms with Gasteiger partial charge in [-0.1, -0.05) is 12.1 Å². The van der Waals surface area contributed by atoms with Gasteiger partial charge in [-0.05, 0) is 30.0 Å². The Morgan fingerprint density at radius 2 is 2.11 bits per heavy atom. The fourth-order valence-corrected chi connectivity index (χ4v) is 2.12. The highest BCUT2D eigenvalue weighted by Crippen LogP contribution is 2.29. The van der Waals surface area contributed by atoms with Crippen molar-refractivity contribution in [3.8, 4) is 5.75 Å². The molecular formula is C13H14O5. The summed E-state index contributed by atoms with van der Waals surface area (Å²) in [5, 5.41) is 17.8. The molecule has 0 fully saturated rings. The Morgan fingerprint density at radius 1 is 1.33 bits per heavy atom. The zero-order valence-electron chi connectivity index (χ0n) is 9.76. The minimum Gasteiger partial charge on any atom is -0.493 e. The molecule has 1 heterocycles. The van der Waals surface area contributed by atoms with Gasteiger partial charge in [-0.15, -0.1) is 0 Å². The van der Waals surface area contributed by atoms with E-state index in [1.165, 1.54) is 0 Å². The molecule has 2 rings (SSSR count). The van der Waals surface area contributed by atoms with Crippen molar-refractivity contribution in [2.45, 2.75) is 25.2 Å². The van der Waals surface area contributed by atoms with Gasteiger partial charge in [0.05, 0.1) is 18.9 Å². The molecule has 1 aromatic carbocycles. The Bertz CT molecular complexity index is 480. The van der Waals surface area contributed by atoms with Crippen LogP contribution in [0.1, 0.15) is 29.9 Å². The van der Waals surface area contributed by atoms with Crippen molar-refractivity contribution in [2.75, 3.05) is 6.61 Å². The SMILES string of the molecule is O=C(O)CC(C(=O)O)c1ccc2c(c1)CCCO2. The lowest BCUT2D eigenvalue weighted by Crippen LogP contribution is -2.17. The lowest BCUT2D eigenvalue weighted by molar-refractivity contribution is -0.145. The van der Waals surface area contributed by atoms with Gasteiger partial charge in [0, 0.05) is 0 Å². The molecule has 0 spiro atoms. The molecule has 0 saturated heterocycles. The molecule has 96 valence electrons. The predicted octanol–water partition coefficient (Wildman–Crippen LogP) is 1.65. The van der Waals surface area contributed by atoms with Crippen LogP contribution in [0.15, 0.2) is 18.2 Å². The van der Waals surface area contributed by atoms with Crippen LogP contribution in [0, 0.1) is 0 Å². The smallest absolute Gasteiger partial charge is 0.311 e. The zero-order chi connectivity index (χ0) is 13.1. The molecule has 0 aromatic heterocycles. The molecule has 1 aliphatic rings. The van der Waals surface area contributed by atoms with Crippen molar-refractivity contribution in [1.29, 1.82) is 0 Å². The summed E-state index contributed by atoms with van der Waals surface area (Å²) in [6, 6.07) is 5.10. The Labute approximate surface area is 104 Å². The average molecular weight is 250 g/mol. The minimum atomic E-state index is -1.12. The quantitative estimate of drug-likeness (QED) is 0.848. The van der Waals surface area contributed by atoms with Gasteiger partial charge in [0.1, 0.15) is 5.75 Å². The monoisotopic (exact) mass is 250 g/mol. The second-order valence-corrected chi connectivity index (χ2v) is 4.31. The summed E-state index contributed by atoms with van der Waals surface area (Å²) >= 11 is 0. The van der Waals surface area contributed by atoms with Crippen LogP contribution in [0.5, 0.6) is 5.75 Å². The van der Waals surface area contributed by atoms with Gasteiger partial charge in [-0.25, -0.2) is 0 Å². The largest absolute Gasteiger partial charge is 0.493 e. The summed E-state index contributed by atoms with van der Waals surface area (Å²) < 4.78 is 5.44. The summed E-state index contributed by atoms with van der Waals surface area (Å²) in [6.45, 7) is 0.670. The molecule has 5 heteroatoms. The first-order chi connectivity index (χ1) is 8.58. The third-order valence-electron chi connectivity index (χ3n) is 3.01. The molecule has 1 unspecified atom stereocenters. The first kappa shape index (κ1) is 12.4. The van der Waals surface area contributed by atoms with Crippen molar-refractivity contribution < 1.29 is 24.5 Å². The van der Waals surface area contributed by atoms with E-state index in [9.17, 15) is 9.59 Å². The Kier molecular flexibility index (Phi) is 3.50. The molecule has 0 amide bonds. The normalized spacial score (nSPS) is 15.3. The van der Waals surface area contributed by atoms with Crippen LogP contribution in [-0.4, -0.2) is 28.8 Å². The van der Waals surface area contributed by atoms with Crippen molar-refractivity contribution >= 4 is 11.9 Å². The van der Waals surface area contributed by atoms with Gasteiger partial charge in [0.25, 0.3) is 0 Å². The molecule has 0 bridgehead atoms. The highest BCUT2D eigenvalue weighted by molar-refractivity contribution is 5.82. The standard InChI is InChI=1S/C13H14O5/c14-12(15)7-10(13(16)17)8-3-4-11-9(6-8)2-1-5-18-11/h3-4,6,10H,1-2,5,7H2,(H,14,15)(H,16,17). The van der Waals surface area contributed by atoms with Crippen LogP contribution in [0.2, 0.25) is 0 Å². The maximum absolute atomic E-state index is 11.1. The third-order valence-corrected chi connectivity index (χ3v) is 3.01. The van der Waals surface area contributed by atoms with E-state index in [1.54, 1.807) is 18.2 Å². The molecule has 1 atom stereocenters. The van der Waals surface area contributed by atoms with E-state index < -0.39 is 24.3 Å². The first-order valence-electron chi connectivity index (χ1n) is 5.78. The number of carbonyl (C=O) groups is 2. The molecule has 2 N–H and O–H groups in total. The molecule has 0 radical (unpaired) electrons. The van der Waals surface area contributed by atoms with Gasteiger partial charge in [0.15, 0.2) is 0 Å². The summed E-state index contributed by atoms with van der Waals surface area (Å²) in [5.74, 6) is -2.47. The number of hydrogen-bond acceptors (Lipinski definition) is 3. The first-order valence-corrected chi connectivity index (χ1v) is 5.78. The lowest BCUT2D eigenvalue weighted by atomic mass is 9.92. The van der Waals surface area contributed by atoms with E-state index in [2.05, 4.69) is 0 Å². The number of fused-ring (bicyclic) bond motifs is 1. The fraction of sp³-hybridized carbons (Fsp3) is 0.385. The van der Waals surface area contributed by atoms with Gasteiger partial charge in [0.2, 0.25) is 0 Å². The number of aryl methyl sites for hydroxylation is 1. The maximum atomic E-state index is 11.1. The van der Waals surface area contributed by atoms with Gasteiger partial charge in [-0.2, -0.15) is 0 Å². The van der Waals surface area contributed by atoms with Crippen molar-refractivity contribution in [3.63, 3.8) is 0 Å². The number of carboxylic acid groups (broad SMARTS) is 2. The van der Waals surface area contributed by atoms with Crippen LogP contribution >= 0.6 is 0 Å². The lowest BCUT2D eigenvalue weighted by Gasteiger charge is -2.19. The Balaban J connectivity index is 2.30. The van der Waals surface area contributed by atoms with E-state index in [-0.39, 0.29) is 0 Å². The summed E-state index contributed by atoms with van der Waals surface area (Å²) in [4.78, 5) is 21.8. The number of ether oxygens (including phenoxy) is 1. The van der Waals surface area contributed by atoms with Crippen molar-refractivity contribution in [2.24, 2.45) is 0 Å². The predicted molar refractivity (Wildman–Crippen MR) is 62.9 cm³/mol. The molecule has 1 aromatic rings. The van der Waals surface area contributed by atoms with Gasteiger partial charge >= 0.3 is 11.9 Å². The topological polar surface area (TPSA) is 83.8 Å². The number of benzene rings is 1. The summed E-state index contributed by atoms with van der Waals surface area (Å²) in [5.41, 5.74) is 1.48. The summed E-state index contributed by atoms with van der Waals surface area (Å²) in [6.07, 6.45) is 1.32. The third kappa shape index (κ3) is 2.61. The van der Waals surface area contributed by atoms with E-state index >= 15 is 0 Å². The van der Waals surface area contributed by atoms with Crippen molar-refractivity contribution in [1.82, 2.24) is 0 Å². The van der Waals surface area contributed by atoms with E-state index in [1.807, 2.05) is 0 Å². The highest BCUT2D eigenvalue weighted by Gasteiger charge is 2.24. The van der Waals surface area contributed by atoms with E-state index in [0.717, 1.165) is 24.2 Å². The average Bonchev–Trinajstić information content (AvgIpc) is 2.35. The second kappa shape index (κ2) is 5.08.